The number of pyridine rings is 1. The van der Waals surface area contributed by atoms with Crippen LogP contribution in [0.3, 0.4) is 0 Å². The Labute approximate surface area is 178 Å². The van der Waals surface area contributed by atoms with Crippen LogP contribution in [-0.4, -0.2) is 20.4 Å². The van der Waals surface area contributed by atoms with Crippen LogP contribution in [0, 0.1) is 13.8 Å². The molecule has 0 fully saturated rings. The van der Waals surface area contributed by atoms with Gasteiger partial charge < -0.3 is 9.88 Å². The minimum absolute atomic E-state index is 0.223. The number of aryl methyl sites for hydroxylation is 3. The van der Waals surface area contributed by atoms with Crippen molar-refractivity contribution in [3.05, 3.63) is 88.0 Å². The Morgan fingerprint density at radius 3 is 2.33 bits per heavy atom. The number of benzene rings is 2. The van der Waals surface area contributed by atoms with Crippen LogP contribution in [0.15, 0.2) is 75.5 Å². The van der Waals surface area contributed by atoms with Gasteiger partial charge in [-0.2, -0.15) is 0 Å². The first-order chi connectivity index (χ1) is 14.4. The van der Waals surface area contributed by atoms with E-state index in [4.69, 9.17) is 0 Å². The molecule has 2 aromatic heterocycles. The first-order valence-electron chi connectivity index (χ1n) is 9.41. The molecule has 4 aromatic rings. The second kappa shape index (κ2) is 8.12. The molecule has 2 aromatic carbocycles. The highest BCUT2D eigenvalue weighted by Gasteiger charge is 2.14. The van der Waals surface area contributed by atoms with Crippen LogP contribution in [-0.2, 0) is 7.05 Å². The van der Waals surface area contributed by atoms with Gasteiger partial charge in [-0.15, -0.1) is 0 Å². The summed E-state index contributed by atoms with van der Waals surface area (Å²) < 4.78 is 1.53. The average Bonchev–Trinajstić information content (AvgIpc) is 2.71. The van der Waals surface area contributed by atoms with Crippen LogP contribution in [0.1, 0.15) is 21.7 Å². The van der Waals surface area contributed by atoms with E-state index >= 15 is 0 Å². The quantitative estimate of drug-likeness (QED) is 0.501. The highest BCUT2D eigenvalue weighted by atomic mass is 32.2. The van der Waals surface area contributed by atoms with Crippen molar-refractivity contribution < 1.29 is 4.79 Å². The second-order valence-corrected chi connectivity index (χ2v) is 8.03. The number of aromatic nitrogens is 3. The van der Waals surface area contributed by atoms with Gasteiger partial charge >= 0.3 is 0 Å². The van der Waals surface area contributed by atoms with E-state index in [1.807, 2.05) is 68.4 Å². The van der Waals surface area contributed by atoms with Gasteiger partial charge in [-0.05, 0) is 62.0 Å². The lowest BCUT2D eigenvalue weighted by molar-refractivity contribution is 0.102. The molecule has 30 heavy (non-hydrogen) atoms. The van der Waals surface area contributed by atoms with Gasteiger partial charge in [-0.25, -0.2) is 9.97 Å². The molecule has 0 saturated carbocycles. The molecule has 1 amide bonds. The van der Waals surface area contributed by atoms with Crippen LogP contribution in [0.25, 0.3) is 10.9 Å². The molecule has 4 rings (SSSR count). The van der Waals surface area contributed by atoms with Crippen molar-refractivity contribution in [3.63, 3.8) is 0 Å². The van der Waals surface area contributed by atoms with E-state index in [0.29, 0.717) is 16.4 Å². The third-order valence-corrected chi connectivity index (χ3v) is 5.55. The monoisotopic (exact) mass is 416 g/mol. The fourth-order valence-electron chi connectivity index (χ4n) is 3.25. The maximum Gasteiger partial charge on any atom is 0.256 e. The zero-order chi connectivity index (χ0) is 21.3. The predicted molar refractivity (Wildman–Crippen MR) is 119 cm³/mol. The van der Waals surface area contributed by atoms with E-state index in [1.54, 1.807) is 7.05 Å². The summed E-state index contributed by atoms with van der Waals surface area (Å²) in [6.07, 6.45) is 0. The predicted octanol–water partition coefficient (Wildman–Crippen LogP) is 4.35. The molecule has 1 N–H and O–H groups in total. The summed E-state index contributed by atoms with van der Waals surface area (Å²) in [4.78, 5) is 34.9. The third-order valence-electron chi connectivity index (χ3n) is 4.68. The normalized spacial score (nSPS) is 10.9. The molecule has 0 aliphatic rings. The zero-order valence-electron chi connectivity index (χ0n) is 16.8. The number of anilines is 1. The average molecular weight is 417 g/mol. The topological polar surface area (TPSA) is 76.9 Å². The van der Waals surface area contributed by atoms with Crippen LogP contribution < -0.4 is 10.9 Å². The van der Waals surface area contributed by atoms with E-state index in [9.17, 15) is 9.59 Å². The molecule has 0 atom stereocenters. The van der Waals surface area contributed by atoms with Crippen molar-refractivity contribution >= 4 is 34.3 Å². The van der Waals surface area contributed by atoms with Crippen molar-refractivity contribution in [3.8, 4) is 0 Å². The molecule has 0 aliphatic heterocycles. The molecular formula is C23H20N4O2S. The SMILES string of the molecule is Cc1cc(C)nc(Sc2ccc(NC(=O)c3cc(=O)n(C)c4ccccc34)cc2)n1. The van der Waals surface area contributed by atoms with E-state index in [2.05, 4.69) is 15.3 Å². The van der Waals surface area contributed by atoms with Crippen molar-refractivity contribution in [2.75, 3.05) is 5.32 Å². The summed E-state index contributed by atoms with van der Waals surface area (Å²) in [6, 6.07) is 18.1. The molecule has 0 unspecified atom stereocenters. The van der Waals surface area contributed by atoms with Crippen LogP contribution in [0.5, 0.6) is 0 Å². The second-order valence-electron chi connectivity index (χ2n) is 6.99. The molecule has 2 heterocycles. The Bertz CT molecular complexity index is 1290. The van der Waals surface area contributed by atoms with Crippen molar-refractivity contribution in [1.29, 1.82) is 0 Å². The number of rotatable bonds is 4. The molecule has 150 valence electrons. The first-order valence-corrected chi connectivity index (χ1v) is 10.2. The lowest BCUT2D eigenvalue weighted by atomic mass is 10.1. The smallest absolute Gasteiger partial charge is 0.256 e. The van der Waals surface area contributed by atoms with Crippen LogP contribution in [0.4, 0.5) is 5.69 Å². The summed E-state index contributed by atoms with van der Waals surface area (Å²) in [5.41, 5.74) is 3.35. The minimum Gasteiger partial charge on any atom is -0.322 e. The highest BCUT2D eigenvalue weighted by Crippen LogP contribution is 2.26. The number of carbonyl (C=O) groups is 1. The molecule has 6 nitrogen and oxygen atoms in total. The van der Waals surface area contributed by atoms with E-state index in [1.165, 1.54) is 22.4 Å². The van der Waals surface area contributed by atoms with E-state index in [0.717, 1.165) is 27.2 Å². The van der Waals surface area contributed by atoms with Crippen LogP contribution >= 0.6 is 11.8 Å². The minimum atomic E-state index is -0.318. The lowest BCUT2D eigenvalue weighted by Crippen LogP contribution is -2.21. The van der Waals surface area contributed by atoms with Crippen molar-refractivity contribution in [2.24, 2.45) is 7.05 Å². The lowest BCUT2D eigenvalue weighted by Gasteiger charge is -2.11. The number of nitrogens with zero attached hydrogens (tertiary/aromatic N) is 3. The van der Waals surface area contributed by atoms with Gasteiger partial charge in [0, 0.05) is 40.5 Å². The summed E-state index contributed by atoms with van der Waals surface area (Å²) in [5.74, 6) is -0.318. The van der Waals surface area contributed by atoms with Gasteiger partial charge in [0.05, 0.1) is 11.1 Å². The standard InChI is InChI=1S/C23H20N4O2S/c1-14-12-15(2)25-23(24-14)30-17-10-8-16(9-11-17)26-22(29)19-13-21(28)27(3)20-7-5-4-6-18(19)20/h4-13H,1-3H3,(H,26,29). The fourth-order valence-corrected chi connectivity index (χ4v) is 4.11. The number of para-hydroxylation sites is 1. The van der Waals surface area contributed by atoms with Gasteiger partial charge in [-0.3, -0.25) is 9.59 Å². The number of hydrogen-bond donors (Lipinski definition) is 1. The van der Waals surface area contributed by atoms with Gasteiger partial charge in [0.2, 0.25) is 0 Å². The number of fused-ring (bicyclic) bond motifs is 1. The van der Waals surface area contributed by atoms with E-state index < -0.39 is 0 Å². The fraction of sp³-hybridized carbons (Fsp3) is 0.130. The number of amides is 1. The van der Waals surface area contributed by atoms with Gasteiger partial charge in [0.15, 0.2) is 5.16 Å². The summed E-state index contributed by atoms with van der Waals surface area (Å²) in [6.45, 7) is 3.88. The number of carbonyl (C=O) groups excluding carboxylic acids is 1. The van der Waals surface area contributed by atoms with Gasteiger partial charge in [-0.1, -0.05) is 18.2 Å². The molecule has 0 spiro atoms. The Kier molecular flexibility index (Phi) is 5.37. The zero-order valence-corrected chi connectivity index (χ0v) is 17.7. The van der Waals surface area contributed by atoms with Crippen molar-refractivity contribution in [1.82, 2.24) is 14.5 Å². The van der Waals surface area contributed by atoms with Crippen molar-refractivity contribution in [2.45, 2.75) is 23.9 Å². The Hall–Kier alpha value is -3.45. The Morgan fingerprint density at radius 1 is 0.967 bits per heavy atom. The number of nitrogens with one attached hydrogen (secondary N) is 1. The summed E-state index contributed by atoms with van der Waals surface area (Å²) >= 11 is 1.47. The molecular weight excluding hydrogens is 396 g/mol. The van der Waals surface area contributed by atoms with Crippen LogP contribution in [0.2, 0.25) is 0 Å². The molecule has 0 saturated heterocycles. The number of hydrogen-bond acceptors (Lipinski definition) is 5. The summed E-state index contributed by atoms with van der Waals surface area (Å²) in [7, 11) is 1.70. The van der Waals surface area contributed by atoms with Gasteiger partial charge in [0.25, 0.3) is 11.5 Å². The van der Waals surface area contributed by atoms with E-state index in [-0.39, 0.29) is 11.5 Å². The van der Waals surface area contributed by atoms with Gasteiger partial charge in [0.1, 0.15) is 0 Å². The molecule has 0 aliphatic carbocycles. The Morgan fingerprint density at radius 2 is 1.63 bits per heavy atom. The first kappa shape index (κ1) is 19.8. The molecule has 0 bridgehead atoms. The Balaban J connectivity index is 1.55. The maximum atomic E-state index is 12.9. The maximum absolute atomic E-state index is 12.9. The molecule has 0 radical (unpaired) electrons. The third kappa shape index (κ3) is 4.11. The highest BCUT2D eigenvalue weighted by molar-refractivity contribution is 7.99. The summed E-state index contributed by atoms with van der Waals surface area (Å²) in [5, 5.41) is 4.30. The molecule has 7 heteroatoms. The largest absolute Gasteiger partial charge is 0.322 e.